The molecule has 2 heterocycles. The Morgan fingerprint density at radius 3 is 2.75 bits per heavy atom. The molecule has 2 aliphatic rings. The lowest BCUT2D eigenvalue weighted by Crippen LogP contribution is -2.53. The summed E-state index contributed by atoms with van der Waals surface area (Å²) in [6.45, 7) is 4.13. The molecule has 2 aliphatic heterocycles. The molecule has 0 aliphatic carbocycles. The van der Waals surface area contributed by atoms with Gasteiger partial charge < -0.3 is 19.7 Å². The Morgan fingerprint density at radius 2 is 2.04 bits per heavy atom. The fraction of sp³-hybridized carbons (Fsp3) is 0.611. The molecule has 0 amide bonds. The standard InChI is InChI=1S/C18H26ClN3O2/c1-20-18(21-9-8-14-4-6-15(19)7-5-14)22-10-12-24-17(13-22)16-3-2-11-23-16/h4-7,16-17H,2-3,8-13H2,1H3,(H,20,21). The molecule has 1 aromatic rings. The number of rotatable bonds is 4. The van der Waals surface area contributed by atoms with E-state index in [9.17, 15) is 0 Å². The van der Waals surface area contributed by atoms with Gasteiger partial charge in [-0.2, -0.15) is 0 Å². The summed E-state index contributed by atoms with van der Waals surface area (Å²) in [5.41, 5.74) is 1.27. The lowest BCUT2D eigenvalue weighted by atomic mass is 10.1. The summed E-state index contributed by atoms with van der Waals surface area (Å²) in [4.78, 5) is 6.71. The maximum Gasteiger partial charge on any atom is 0.193 e. The smallest absolute Gasteiger partial charge is 0.193 e. The number of nitrogens with one attached hydrogen (secondary N) is 1. The van der Waals surface area contributed by atoms with Gasteiger partial charge in [-0.25, -0.2) is 0 Å². The first-order chi connectivity index (χ1) is 11.8. The fourth-order valence-corrected chi connectivity index (χ4v) is 3.42. The fourth-order valence-electron chi connectivity index (χ4n) is 3.29. The van der Waals surface area contributed by atoms with Crippen molar-refractivity contribution in [2.24, 2.45) is 4.99 Å². The molecule has 0 saturated carbocycles. The van der Waals surface area contributed by atoms with Crippen LogP contribution in [0.25, 0.3) is 0 Å². The van der Waals surface area contributed by atoms with Crippen LogP contribution in [0.2, 0.25) is 5.02 Å². The number of guanidine groups is 1. The van der Waals surface area contributed by atoms with Crippen molar-refractivity contribution in [3.8, 4) is 0 Å². The summed E-state index contributed by atoms with van der Waals surface area (Å²) in [6, 6.07) is 7.99. The average molecular weight is 352 g/mol. The van der Waals surface area contributed by atoms with Crippen LogP contribution in [0.1, 0.15) is 18.4 Å². The molecule has 0 radical (unpaired) electrons. The number of benzene rings is 1. The van der Waals surface area contributed by atoms with Crippen molar-refractivity contribution in [1.82, 2.24) is 10.2 Å². The van der Waals surface area contributed by atoms with Crippen molar-refractivity contribution in [3.05, 3.63) is 34.9 Å². The van der Waals surface area contributed by atoms with Gasteiger partial charge in [-0.1, -0.05) is 23.7 Å². The summed E-state index contributed by atoms with van der Waals surface area (Å²) >= 11 is 5.92. The van der Waals surface area contributed by atoms with Crippen molar-refractivity contribution in [2.45, 2.75) is 31.5 Å². The molecule has 3 rings (SSSR count). The van der Waals surface area contributed by atoms with Gasteiger partial charge in [0, 0.05) is 38.3 Å². The van der Waals surface area contributed by atoms with E-state index in [0.717, 1.165) is 63.1 Å². The van der Waals surface area contributed by atoms with E-state index in [1.807, 2.05) is 19.2 Å². The number of hydrogen-bond donors (Lipinski definition) is 1. The number of hydrogen-bond acceptors (Lipinski definition) is 3. The lowest BCUT2D eigenvalue weighted by molar-refractivity contribution is -0.0816. The van der Waals surface area contributed by atoms with Crippen molar-refractivity contribution in [3.63, 3.8) is 0 Å². The van der Waals surface area contributed by atoms with Crippen molar-refractivity contribution in [1.29, 1.82) is 0 Å². The van der Waals surface area contributed by atoms with Crippen LogP contribution in [-0.2, 0) is 15.9 Å². The maximum absolute atomic E-state index is 5.92. The van der Waals surface area contributed by atoms with Gasteiger partial charge in [0.1, 0.15) is 6.10 Å². The molecule has 132 valence electrons. The summed E-state index contributed by atoms with van der Waals surface area (Å²) in [5, 5.41) is 4.23. The molecule has 2 unspecified atom stereocenters. The first-order valence-electron chi connectivity index (χ1n) is 8.69. The van der Waals surface area contributed by atoms with Crippen molar-refractivity contribution >= 4 is 17.6 Å². The van der Waals surface area contributed by atoms with E-state index in [2.05, 4.69) is 27.3 Å². The van der Waals surface area contributed by atoms with Crippen LogP contribution in [-0.4, -0.2) is 63.0 Å². The molecule has 1 N–H and O–H groups in total. The second-order valence-corrected chi connectivity index (χ2v) is 6.69. The predicted octanol–water partition coefficient (Wildman–Crippen LogP) is 2.34. The van der Waals surface area contributed by atoms with Crippen LogP contribution in [0.3, 0.4) is 0 Å². The zero-order chi connectivity index (χ0) is 16.8. The summed E-state index contributed by atoms with van der Waals surface area (Å²) < 4.78 is 11.7. The van der Waals surface area contributed by atoms with E-state index in [4.69, 9.17) is 21.1 Å². The van der Waals surface area contributed by atoms with Crippen LogP contribution < -0.4 is 5.32 Å². The van der Waals surface area contributed by atoms with Gasteiger partial charge in [-0.3, -0.25) is 4.99 Å². The number of nitrogens with zero attached hydrogens (tertiary/aromatic N) is 2. The Morgan fingerprint density at radius 1 is 1.25 bits per heavy atom. The quantitative estimate of drug-likeness (QED) is 0.668. The van der Waals surface area contributed by atoms with Gasteiger partial charge in [0.15, 0.2) is 5.96 Å². The molecular formula is C18H26ClN3O2. The van der Waals surface area contributed by atoms with Crippen LogP contribution in [0.4, 0.5) is 0 Å². The van der Waals surface area contributed by atoms with Gasteiger partial charge in [0.05, 0.1) is 12.7 Å². The Hall–Kier alpha value is -1.30. The third kappa shape index (κ3) is 4.62. The Bertz CT molecular complexity index is 544. The Balaban J connectivity index is 1.49. The third-order valence-corrected chi connectivity index (χ3v) is 4.85. The largest absolute Gasteiger partial charge is 0.375 e. The van der Waals surface area contributed by atoms with E-state index in [1.165, 1.54) is 5.56 Å². The number of aliphatic imine (C=N–C) groups is 1. The third-order valence-electron chi connectivity index (χ3n) is 4.59. The minimum absolute atomic E-state index is 0.149. The highest BCUT2D eigenvalue weighted by Crippen LogP contribution is 2.21. The molecule has 2 fully saturated rings. The van der Waals surface area contributed by atoms with Gasteiger partial charge in [0.2, 0.25) is 0 Å². The van der Waals surface area contributed by atoms with E-state index >= 15 is 0 Å². The summed E-state index contributed by atoms with van der Waals surface area (Å²) in [5.74, 6) is 0.940. The first kappa shape index (κ1) is 17.5. The Kier molecular flexibility index (Phi) is 6.35. The second-order valence-electron chi connectivity index (χ2n) is 6.26. The van der Waals surface area contributed by atoms with Crippen LogP contribution in [0.5, 0.6) is 0 Å². The van der Waals surface area contributed by atoms with Crippen LogP contribution >= 0.6 is 11.6 Å². The summed E-state index contributed by atoms with van der Waals surface area (Å²) in [7, 11) is 1.83. The molecule has 2 saturated heterocycles. The molecule has 0 spiro atoms. The minimum Gasteiger partial charge on any atom is -0.375 e. The lowest BCUT2D eigenvalue weighted by Gasteiger charge is -2.37. The normalized spacial score (nSPS) is 25.1. The highest BCUT2D eigenvalue weighted by molar-refractivity contribution is 6.30. The SMILES string of the molecule is CN=C(NCCc1ccc(Cl)cc1)N1CCOC(C2CCCO2)C1. The molecule has 24 heavy (non-hydrogen) atoms. The maximum atomic E-state index is 5.92. The van der Waals surface area contributed by atoms with E-state index < -0.39 is 0 Å². The van der Waals surface area contributed by atoms with Gasteiger partial charge >= 0.3 is 0 Å². The van der Waals surface area contributed by atoms with Gasteiger partial charge in [-0.15, -0.1) is 0 Å². The van der Waals surface area contributed by atoms with Gasteiger partial charge in [0.25, 0.3) is 0 Å². The topological polar surface area (TPSA) is 46.1 Å². The molecular weight excluding hydrogens is 326 g/mol. The van der Waals surface area contributed by atoms with Crippen LogP contribution in [0, 0.1) is 0 Å². The zero-order valence-corrected chi connectivity index (χ0v) is 15.0. The van der Waals surface area contributed by atoms with E-state index in [1.54, 1.807) is 0 Å². The number of ether oxygens (including phenoxy) is 2. The first-order valence-corrected chi connectivity index (χ1v) is 9.07. The minimum atomic E-state index is 0.149. The van der Waals surface area contributed by atoms with E-state index in [-0.39, 0.29) is 12.2 Å². The Labute approximate surface area is 149 Å². The average Bonchev–Trinajstić information content (AvgIpc) is 3.15. The molecule has 1 aromatic carbocycles. The predicted molar refractivity (Wildman–Crippen MR) is 96.8 cm³/mol. The highest BCUT2D eigenvalue weighted by Gasteiger charge is 2.32. The monoisotopic (exact) mass is 351 g/mol. The summed E-state index contributed by atoms with van der Waals surface area (Å²) in [6.07, 6.45) is 3.56. The zero-order valence-electron chi connectivity index (χ0n) is 14.2. The number of morpholine rings is 1. The molecule has 0 bridgehead atoms. The molecule has 5 nitrogen and oxygen atoms in total. The molecule has 0 aromatic heterocycles. The van der Waals surface area contributed by atoms with Crippen molar-refractivity contribution in [2.75, 3.05) is 39.9 Å². The van der Waals surface area contributed by atoms with E-state index in [0.29, 0.717) is 0 Å². The van der Waals surface area contributed by atoms with Crippen LogP contribution in [0.15, 0.2) is 29.3 Å². The second kappa shape index (κ2) is 8.70. The number of halogens is 1. The van der Waals surface area contributed by atoms with Gasteiger partial charge in [-0.05, 0) is 37.0 Å². The van der Waals surface area contributed by atoms with Crippen molar-refractivity contribution < 1.29 is 9.47 Å². The molecule has 2 atom stereocenters. The molecule has 6 heteroatoms. The highest BCUT2D eigenvalue weighted by atomic mass is 35.5.